The lowest BCUT2D eigenvalue weighted by Gasteiger charge is -2.43. The highest BCUT2D eigenvalue weighted by molar-refractivity contribution is 7.91. The Kier molecular flexibility index (Phi) is 4.31. The number of piperazine rings is 1. The highest BCUT2D eigenvalue weighted by Crippen LogP contribution is 2.28. The van der Waals surface area contributed by atoms with Crippen LogP contribution >= 0.6 is 0 Å². The number of aromatic amines is 1. The molecule has 4 rings (SSSR count). The lowest BCUT2D eigenvalue weighted by molar-refractivity contribution is -0.138. The normalized spacial score (nSPS) is 25.3. The van der Waals surface area contributed by atoms with Gasteiger partial charge >= 0.3 is 0 Å². The molecule has 2 atom stereocenters. The SMILES string of the molecule is Cc1[nH]cnc1CN1CCN(C(=O)Cn2cccn2)[C@H]2CS(=O)(=O)C[C@H]21. The quantitative estimate of drug-likeness (QED) is 0.764. The maximum atomic E-state index is 12.7. The smallest absolute Gasteiger partial charge is 0.244 e. The van der Waals surface area contributed by atoms with Crippen molar-refractivity contribution >= 4 is 15.7 Å². The first kappa shape index (κ1) is 17.2. The molecule has 2 fully saturated rings. The molecule has 140 valence electrons. The summed E-state index contributed by atoms with van der Waals surface area (Å²) in [6.45, 7) is 3.82. The molecule has 0 aliphatic carbocycles. The van der Waals surface area contributed by atoms with Crippen LogP contribution in [0.2, 0.25) is 0 Å². The van der Waals surface area contributed by atoms with Gasteiger partial charge in [0.1, 0.15) is 6.54 Å². The number of amides is 1. The van der Waals surface area contributed by atoms with Gasteiger partial charge in [-0.1, -0.05) is 0 Å². The zero-order valence-corrected chi connectivity index (χ0v) is 15.4. The van der Waals surface area contributed by atoms with Crippen molar-refractivity contribution in [1.29, 1.82) is 0 Å². The summed E-state index contributed by atoms with van der Waals surface area (Å²) in [7, 11) is -3.17. The Morgan fingerprint density at radius 2 is 2.12 bits per heavy atom. The number of carbonyl (C=O) groups excluding carboxylic acids is 1. The second-order valence-corrected chi connectivity index (χ2v) is 9.10. The van der Waals surface area contributed by atoms with Crippen LogP contribution in [0.15, 0.2) is 24.8 Å². The average molecular weight is 378 g/mol. The van der Waals surface area contributed by atoms with Gasteiger partial charge in [-0.05, 0) is 13.0 Å². The van der Waals surface area contributed by atoms with E-state index >= 15 is 0 Å². The summed E-state index contributed by atoms with van der Waals surface area (Å²) >= 11 is 0. The van der Waals surface area contributed by atoms with Gasteiger partial charge in [-0.2, -0.15) is 5.10 Å². The molecule has 2 aromatic heterocycles. The van der Waals surface area contributed by atoms with E-state index < -0.39 is 9.84 Å². The van der Waals surface area contributed by atoms with E-state index in [9.17, 15) is 13.2 Å². The molecule has 0 aromatic carbocycles. The minimum absolute atomic E-state index is 0.0264. The maximum Gasteiger partial charge on any atom is 0.244 e. The lowest BCUT2D eigenvalue weighted by Crippen LogP contribution is -2.60. The monoisotopic (exact) mass is 378 g/mol. The van der Waals surface area contributed by atoms with Gasteiger partial charge in [-0.15, -0.1) is 0 Å². The number of H-pyrrole nitrogens is 1. The van der Waals surface area contributed by atoms with Crippen molar-refractivity contribution < 1.29 is 13.2 Å². The fraction of sp³-hybridized carbons (Fsp3) is 0.562. The highest BCUT2D eigenvalue weighted by atomic mass is 32.2. The molecule has 2 aliphatic heterocycles. The minimum Gasteiger partial charge on any atom is -0.348 e. The number of hydrogen-bond donors (Lipinski definition) is 1. The van der Waals surface area contributed by atoms with Gasteiger partial charge in [0.25, 0.3) is 0 Å². The zero-order chi connectivity index (χ0) is 18.3. The molecule has 2 aliphatic rings. The Hall–Kier alpha value is -2.20. The Labute approximate surface area is 151 Å². The van der Waals surface area contributed by atoms with E-state index in [4.69, 9.17) is 0 Å². The molecule has 0 spiro atoms. The maximum absolute atomic E-state index is 12.7. The topological polar surface area (TPSA) is 104 Å². The number of rotatable bonds is 4. The van der Waals surface area contributed by atoms with Crippen LogP contribution in [0.5, 0.6) is 0 Å². The second-order valence-electron chi connectivity index (χ2n) is 6.95. The van der Waals surface area contributed by atoms with Crippen LogP contribution in [0.25, 0.3) is 0 Å². The van der Waals surface area contributed by atoms with E-state index in [1.807, 2.05) is 6.92 Å². The van der Waals surface area contributed by atoms with Gasteiger partial charge in [0.2, 0.25) is 5.91 Å². The number of hydrogen-bond acceptors (Lipinski definition) is 6. The van der Waals surface area contributed by atoms with E-state index in [1.54, 1.807) is 34.4 Å². The summed E-state index contributed by atoms with van der Waals surface area (Å²) in [5.41, 5.74) is 1.91. The van der Waals surface area contributed by atoms with Gasteiger partial charge in [-0.3, -0.25) is 14.4 Å². The second kappa shape index (κ2) is 6.51. The van der Waals surface area contributed by atoms with Crippen LogP contribution < -0.4 is 0 Å². The highest BCUT2D eigenvalue weighted by Gasteiger charge is 2.48. The molecule has 9 nitrogen and oxygen atoms in total. The van der Waals surface area contributed by atoms with E-state index in [-0.39, 0.29) is 36.0 Å². The molecular formula is C16H22N6O3S. The number of aryl methyl sites for hydroxylation is 1. The van der Waals surface area contributed by atoms with Gasteiger partial charge in [0.05, 0.1) is 29.6 Å². The van der Waals surface area contributed by atoms with Gasteiger partial charge in [0.15, 0.2) is 9.84 Å². The summed E-state index contributed by atoms with van der Waals surface area (Å²) < 4.78 is 26.2. The molecule has 26 heavy (non-hydrogen) atoms. The first-order valence-electron chi connectivity index (χ1n) is 8.63. The number of fused-ring (bicyclic) bond motifs is 1. The van der Waals surface area contributed by atoms with Gasteiger partial charge in [0, 0.05) is 43.8 Å². The molecule has 1 amide bonds. The van der Waals surface area contributed by atoms with Crippen LogP contribution in [-0.4, -0.2) is 80.6 Å². The van der Waals surface area contributed by atoms with Crippen molar-refractivity contribution in [3.63, 3.8) is 0 Å². The Morgan fingerprint density at radius 1 is 1.31 bits per heavy atom. The Balaban J connectivity index is 1.53. The summed E-state index contributed by atoms with van der Waals surface area (Å²) in [5.74, 6) is 0.0297. The summed E-state index contributed by atoms with van der Waals surface area (Å²) in [4.78, 5) is 24.0. The largest absolute Gasteiger partial charge is 0.348 e. The predicted octanol–water partition coefficient (Wildman–Crippen LogP) is -0.575. The first-order chi connectivity index (χ1) is 12.4. The molecule has 4 heterocycles. The number of nitrogens with one attached hydrogen (secondary N) is 1. The Morgan fingerprint density at radius 3 is 2.81 bits per heavy atom. The van der Waals surface area contributed by atoms with E-state index in [0.717, 1.165) is 11.4 Å². The molecule has 0 unspecified atom stereocenters. The third-order valence-corrected chi connectivity index (χ3v) is 6.95. The van der Waals surface area contributed by atoms with Crippen molar-refractivity contribution in [3.8, 4) is 0 Å². The predicted molar refractivity (Wildman–Crippen MR) is 93.9 cm³/mol. The molecule has 10 heteroatoms. The number of carbonyl (C=O) groups is 1. The van der Waals surface area contributed by atoms with E-state index in [0.29, 0.717) is 19.6 Å². The minimum atomic E-state index is -3.17. The fourth-order valence-corrected chi connectivity index (χ4v) is 5.90. The molecule has 0 saturated carbocycles. The zero-order valence-electron chi connectivity index (χ0n) is 14.6. The lowest BCUT2D eigenvalue weighted by atomic mass is 10.0. The average Bonchev–Trinajstić information content (AvgIpc) is 3.28. The first-order valence-corrected chi connectivity index (χ1v) is 10.5. The molecule has 0 radical (unpaired) electrons. The summed E-state index contributed by atoms with van der Waals surface area (Å²) in [5, 5.41) is 4.07. The molecule has 2 saturated heterocycles. The van der Waals surface area contributed by atoms with Crippen molar-refractivity contribution in [2.45, 2.75) is 32.1 Å². The van der Waals surface area contributed by atoms with E-state index in [2.05, 4.69) is 20.0 Å². The van der Waals surface area contributed by atoms with Gasteiger partial charge in [-0.25, -0.2) is 13.4 Å². The van der Waals surface area contributed by atoms with Crippen molar-refractivity contribution in [1.82, 2.24) is 29.5 Å². The van der Waals surface area contributed by atoms with Crippen LogP contribution in [0.1, 0.15) is 11.4 Å². The van der Waals surface area contributed by atoms with E-state index in [1.165, 1.54) is 0 Å². The number of imidazole rings is 1. The fourth-order valence-electron chi connectivity index (χ4n) is 3.89. The van der Waals surface area contributed by atoms with Crippen LogP contribution in [0.3, 0.4) is 0 Å². The van der Waals surface area contributed by atoms with Gasteiger partial charge < -0.3 is 9.88 Å². The molecular weight excluding hydrogens is 356 g/mol. The summed E-state index contributed by atoms with van der Waals surface area (Å²) in [6.07, 6.45) is 5.01. The third kappa shape index (κ3) is 3.26. The van der Waals surface area contributed by atoms with Crippen molar-refractivity contribution in [2.75, 3.05) is 24.6 Å². The van der Waals surface area contributed by atoms with Crippen molar-refractivity contribution in [2.24, 2.45) is 0 Å². The summed E-state index contributed by atoms with van der Waals surface area (Å²) in [6, 6.07) is 1.27. The van der Waals surface area contributed by atoms with Crippen LogP contribution in [0.4, 0.5) is 0 Å². The molecule has 0 bridgehead atoms. The standard InChI is InChI=1S/C16H22N6O3S/c1-12-13(18-11-17-12)7-20-5-6-22(15-10-26(24,25)9-14(15)20)16(23)8-21-4-2-3-19-21/h2-4,11,14-15H,5-10H2,1H3,(H,17,18)/t14-,15+/m1/s1. The number of aromatic nitrogens is 4. The van der Waals surface area contributed by atoms with Crippen molar-refractivity contribution in [3.05, 3.63) is 36.2 Å². The molecule has 1 N–H and O–H groups in total. The van der Waals surface area contributed by atoms with Crippen LogP contribution in [-0.2, 0) is 27.7 Å². The number of nitrogens with zero attached hydrogens (tertiary/aromatic N) is 5. The van der Waals surface area contributed by atoms with Crippen LogP contribution in [0, 0.1) is 6.92 Å². The number of sulfone groups is 1. The third-order valence-electron chi connectivity index (χ3n) is 5.25. The Bertz CT molecular complexity index is 891. The molecule has 2 aromatic rings.